The molecule has 0 spiro atoms. The fourth-order valence-corrected chi connectivity index (χ4v) is 6.49. The van der Waals surface area contributed by atoms with Gasteiger partial charge in [0.2, 0.25) is 0 Å². The van der Waals surface area contributed by atoms with Crippen LogP contribution in [-0.4, -0.2) is 32.7 Å². The molecule has 0 radical (unpaired) electrons. The van der Waals surface area contributed by atoms with E-state index in [0.29, 0.717) is 6.04 Å². The number of hydrogen-bond acceptors (Lipinski definition) is 4. The molecule has 1 fully saturated rings. The van der Waals surface area contributed by atoms with Gasteiger partial charge in [-0.25, -0.2) is 14.8 Å². The molecule has 6 heteroatoms. The number of aromatic nitrogens is 3. The molecule has 0 saturated heterocycles. The number of hydrogen-bond donors (Lipinski definition) is 1. The first kappa shape index (κ1) is 26.9. The van der Waals surface area contributed by atoms with E-state index in [1.165, 1.54) is 24.8 Å². The second kappa shape index (κ2) is 11.0. The van der Waals surface area contributed by atoms with Crippen LogP contribution in [0.2, 0.25) is 0 Å². The summed E-state index contributed by atoms with van der Waals surface area (Å²) in [6.45, 7) is 2.10. The Bertz CT molecular complexity index is 2000. The zero-order chi connectivity index (χ0) is 29.5. The molecule has 4 aromatic carbocycles. The van der Waals surface area contributed by atoms with Gasteiger partial charge in [0.05, 0.1) is 34.9 Å². The molecule has 7 rings (SSSR count). The second-order valence-electron chi connectivity index (χ2n) is 11.5. The maximum Gasteiger partial charge on any atom is 0.335 e. The summed E-state index contributed by atoms with van der Waals surface area (Å²) in [6, 6.07) is 30.8. The summed E-state index contributed by atoms with van der Waals surface area (Å²) in [6.07, 6.45) is 5.83. The van der Waals surface area contributed by atoms with Gasteiger partial charge in [0.25, 0.3) is 0 Å². The van der Waals surface area contributed by atoms with Gasteiger partial charge in [0, 0.05) is 22.6 Å². The first-order valence-corrected chi connectivity index (χ1v) is 14.9. The highest BCUT2D eigenvalue weighted by molar-refractivity contribution is 5.94. The van der Waals surface area contributed by atoms with E-state index in [1.807, 2.05) is 12.1 Å². The van der Waals surface area contributed by atoms with E-state index in [1.54, 1.807) is 19.2 Å². The number of aryl methyl sites for hydroxylation is 1. The van der Waals surface area contributed by atoms with E-state index in [2.05, 4.69) is 78.2 Å². The predicted octanol–water partition coefficient (Wildman–Crippen LogP) is 9.11. The molecule has 0 bridgehead atoms. The van der Waals surface area contributed by atoms with Crippen LogP contribution in [0.15, 0.2) is 91.0 Å². The highest BCUT2D eigenvalue weighted by Crippen LogP contribution is 2.38. The molecule has 214 valence electrons. The van der Waals surface area contributed by atoms with Crippen molar-refractivity contribution in [2.24, 2.45) is 0 Å². The zero-order valence-corrected chi connectivity index (χ0v) is 24.4. The summed E-state index contributed by atoms with van der Waals surface area (Å²) in [5, 5.41) is 10.6. The summed E-state index contributed by atoms with van der Waals surface area (Å²) in [7, 11) is 1.68. The Balaban J connectivity index is 1.34. The van der Waals surface area contributed by atoms with Gasteiger partial charge in [-0.05, 0) is 85.5 Å². The summed E-state index contributed by atoms with van der Waals surface area (Å²) >= 11 is 0. The summed E-state index contributed by atoms with van der Waals surface area (Å²) in [5.41, 5.74) is 9.21. The third-order valence-electron chi connectivity index (χ3n) is 8.66. The average Bonchev–Trinajstić information content (AvgIpc) is 3.43. The maximum atomic E-state index is 11.7. The molecule has 1 aliphatic rings. The summed E-state index contributed by atoms with van der Waals surface area (Å²) < 4.78 is 7.92. The topological polar surface area (TPSA) is 77.2 Å². The van der Waals surface area contributed by atoms with Crippen molar-refractivity contribution in [1.29, 1.82) is 0 Å². The first-order valence-electron chi connectivity index (χ1n) is 14.9. The fraction of sp³-hybridized carbons (Fsp3) is 0.216. The van der Waals surface area contributed by atoms with Gasteiger partial charge in [-0.1, -0.05) is 61.2 Å². The Morgan fingerprint density at radius 1 is 0.814 bits per heavy atom. The van der Waals surface area contributed by atoms with Crippen molar-refractivity contribution in [2.45, 2.75) is 45.1 Å². The molecule has 0 unspecified atom stereocenters. The molecule has 0 atom stereocenters. The van der Waals surface area contributed by atoms with Crippen molar-refractivity contribution in [3.63, 3.8) is 0 Å². The molecular weight excluding hydrogens is 534 g/mol. The maximum absolute atomic E-state index is 11.7. The van der Waals surface area contributed by atoms with Crippen molar-refractivity contribution in [3.05, 3.63) is 102 Å². The molecule has 43 heavy (non-hydrogen) atoms. The standard InChI is InChI=1S/C37H33N3O3/c1-23-7-6-8-24(19-23)30-15-14-29(43-2)22-31(30)33-17-11-25-20-26(12-16-32(25)38-33)36-39-34-21-27(37(41)42)13-18-35(34)40(36)28-9-4-3-5-10-28/h6-8,11-22,28H,3-5,9-10H2,1-2H3,(H,41,42). The van der Waals surface area contributed by atoms with Gasteiger partial charge >= 0.3 is 5.97 Å². The fourth-order valence-electron chi connectivity index (χ4n) is 6.49. The lowest BCUT2D eigenvalue weighted by molar-refractivity contribution is 0.0697. The Hall–Kier alpha value is -4.97. The normalized spacial score (nSPS) is 13.9. The van der Waals surface area contributed by atoms with Crippen molar-refractivity contribution in [2.75, 3.05) is 7.11 Å². The number of carboxylic acid groups (broad SMARTS) is 1. The molecule has 2 aromatic heterocycles. The minimum absolute atomic E-state index is 0.255. The number of ether oxygens (including phenoxy) is 1. The lowest BCUT2D eigenvalue weighted by Gasteiger charge is -2.25. The Kier molecular flexibility index (Phi) is 6.90. The smallest absolute Gasteiger partial charge is 0.335 e. The predicted molar refractivity (Wildman–Crippen MR) is 172 cm³/mol. The molecule has 6 aromatic rings. The van der Waals surface area contributed by atoms with E-state index in [4.69, 9.17) is 14.7 Å². The van der Waals surface area contributed by atoms with Crippen LogP contribution in [0.4, 0.5) is 0 Å². The third-order valence-corrected chi connectivity index (χ3v) is 8.66. The summed E-state index contributed by atoms with van der Waals surface area (Å²) in [5.74, 6) is 0.728. The molecule has 6 nitrogen and oxygen atoms in total. The van der Waals surface area contributed by atoms with Gasteiger partial charge < -0.3 is 14.4 Å². The van der Waals surface area contributed by atoms with Crippen LogP contribution < -0.4 is 4.74 Å². The molecule has 1 saturated carbocycles. The molecule has 2 heterocycles. The molecular formula is C37H33N3O3. The Labute approximate surface area is 250 Å². The number of aromatic carboxylic acids is 1. The van der Waals surface area contributed by atoms with Crippen molar-refractivity contribution in [1.82, 2.24) is 14.5 Å². The van der Waals surface area contributed by atoms with Gasteiger partial charge in [-0.15, -0.1) is 0 Å². The second-order valence-corrected chi connectivity index (χ2v) is 11.5. The molecule has 0 aliphatic heterocycles. The van der Waals surface area contributed by atoms with E-state index >= 15 is 0 Å². The van der Waals surface area contributed by atoms with E-state index in [0.717, 1.165) is 74.3 Å². The van der Waals surface area contributed by atoms with Crippen LogP contribution in [0.5, 0.6) is 5.75 Å². The van der Waals surface area contributed by atoms with Gasteiger partial charge in [0.15, 0.2) is 0 Å². The van der Waals surface area contributed by atoms with Crippen LogP contribution in [-0.2, 0) is 0 Å². The van der Waals surface area contributed by atoms with Crippen LogP contribution >= 0.6 is 0 Å². The van der Waals surface area contributed by atoms with Gasteiger partial charge in [-0.2, -0.15) is 0 Å². The highest BCUT2D eigenvalue weighted by atomic mass is 16.5. The number of fused-ring (bicyclic) bond motifs is 2. The van der Waals surface area contributed by atoms with Gasteiger partial charge in [-0.3, -0.25) is 0 Å². The van der Waals surface area contributed by atoms with E-state index in [9.17, 15) is 9.90 Å². The Morgan fingerprint density at radius 2 is 1.67 bits per heavy atom. The van der Waals surface area contributed by atoms with Crippen LogP contribution in [0.1, 0.15) is 54.1 Å². The highest BCUT2D eigenvalue weighted by Gasteiger charge is 2.23. The largest absolute Gasteiger partial charge is 0.497 e. The minimum Gasteiger partial charge on any atom is -0.497 e. The molecule has 0 amide bonds. The van der Waals surface area contributed by atoms with Crippen LogP contribution in [0, 0.1) is 6.92 Å². The van der Waals surface area contributed by atoms with Gasteiger partial charge in [0.1, 0.15) is 11.6 Å². The number of rotatable bonds is 6. The van der Waals surface area contributed by atoms with Crippen molar-refractivity contribution < 1.29 is 14.6 Å². The zero-order valence-electron chi connectivity index (χ0n) is 24.4. The number of methoxy groups -OCH3 is 1. The third kappa shape index (κ3) is 5.03. The first-order chi connectivity index (χ1) is 21.0. The lowest BCUT2D eigenvalue weighted by atomic mass is 9.94. The SMILES string of the molecule is COc1ccc(-c2cccc(C)c2)c(-c2ccc3cc(-c4nc5cc(C(=O)O)ccc5n4C4CCCCC4)ccc3n2)c1. The Morgan fingerprint density at radius 3 is 2.47 bits per heavy atom. The number of benzene rings is 4. The monoisotopic (exact) mass is 567 g/mol. The number of imidazole rings is 1. The van der Waals surface area contributed by atoms with Crippen LogP contribution in [0.3, 0.4) is 0 Å². The van der Waals surface area contributed by atoms with Crippen molar-refractivity contribution >= 4 is 27.9 Å². The van der Waals surface area contributed by atoms with Crippen molar-refractivity contribution in [3.8, 4) is 39.5 Å². The minimum atomic E-state index is -0.940. The average molecular weight is 568 g/mol. The van der Waals surface area contributed by atoms with Crippen LogP contribution in [0.25, 0.3) is 55.7 Å². The summed E-state index contributed by atoms with van der Waals surface area (Å²) in [4.78, 5) is 21.8. The molecule has 1 N–H and O–H groups in total. The quantitative estimate of drug-likeness (QED) is 0.217. The van der Waals surface area contributed by atoms with E-state index < -0.39 is 5.97 Å². The number of carbonyl (C=O) groups is 1. The molecule has 1 aliphatic carbocycles. The number of carboxylic acids is 1. The van der Waals surface area contributed by atoms with E-state index in [-0.39, 0.29) is 5.56 Å². The number of nitrogens with zero attached hydrogens (tertiary/aromatic N) is 3. The number of pyridine rings is 1. The lowest BCUT2D eigenvalue weighted by Crippen LogP contribution is -2.14.